The lowest BCUT2D eigenvalue weighted by atomic mass is 9.92. The van der Waals surface area contributed by atoms with Gasteiger partial charge in [0, 0.05) is 5.92 Å². The van der Waals surface area contributed by atoms with Gasteiger partial charge in [-0.3, -0.25) is 4.55 Å². The molecule has 0 fully saturated rings. The molecule has 0 aromatic heterocycles. The van der Waals surface area contributed by atoms with Crippen LogP contribution >= 0.6 is 0 Å². The van der Waals surface area contributed by atoms with Crippen LogP contribution in [0.4, 0.5) is 0 Å². The van der Waals surface area contributed by atoms with E-state index in [2.05, 4.69) is 13.8 Å². The summed E-state index contributed by atoms with van der Waals surface area (Å²) in [4.78, 5) is 10.1. The first-order valence-electron chi connectivity index (χ1n) is 9.53. The first-order valence-corrected chi connectivity index (χ1v) is 11.0. The van der Waals surface area contributed by atoms with Crippen LogP contribution in [0.3, 0.4) is 0 Å². The largest absolute Gasteiger partial charge is 0.478 e. The fourth-order valence-electron chi connectivity index (χ4n) is 2.19. The van der Waals surface area contributed by atoms with Gasteiger partial charge in [-0.05, 0) is 43.5 Å². The molecule has 4 N–H and O–H groups in total. The quantitative estimate of drug-likeness (QED) is 0.503. The van der Waals surface area contributed by atoms with E-state index in [0.29, 0.717) is 11.5 Å². The lowest BCUT2D eigenvalue weighted by Crippen LogP contribution is -2.28. The lowest BCUT2D eigenvalue weighted by Gasteiger charge is -2.22. The molecule has 2 aromatic rings. The van der Waals surface area contributed by atoms with Crippen molar-refractivity contribution >= 4 is 16.1 Å². The third kappa shape index (κ3) is 12.3. The van der Waals surface area contributed by atoms with Gasteiger partial charge >= 0.3 is 5.97 Å². The molecule has 0 amide bonds. The number of aliphatic hydroxyl groups is 2. The zero-order valence-electron chi connectivity index (χ0n) is 17.7. The molecule has 3 atom stereocenters. The maximum Gasteiger partial charge on any atom is 0.335 e. The van der Waals surface area contributed by atoms with Crippen LogP contribution in [0.15, 0.2) is 65.6 Å². The molecule has 0 radical (unpaired) electrons. The molecule has 2 rings (SSSR count). The van der Waals surface area contributed by atoms with Crippen LogP contribution in [0, 0.1) is 11.8 Å². The summed E-state index contributed by atoms with van der Waals surface area (Å²) in [5.74, 6) is -0.404. The second kappa shape index (κ2) is 13.9. The molecule has 30 heavy (non-hydrogen) atoms. The minimum atomic E-state index is -4.00. The van der Waals surface area contributed by atoms with Gasteiger partial charge in [0.05, 0.1) is 22.7 Å². The molecule has 0 aliphatic rings. The average Bonchev–Trinajstić information content (AvgIpc) is 2.68. The Hall–Kier alpha value is -2.26. The Morgan fingerprint density at radius 2 is 1.30 bits per heavy atom. The molecule has 3 unspecified atom stereocenters. The molecule has 0 spiro atoms. The van der Waals surface area contributed by atoms with Crippen molar-refractivity contribution in [2.75, 3.05) is 0 Å². The zero-order valence-corrected chi connectivity index (χ0v) is 18.5. The molecule has 0 bridgehead atoms. The molecular formula is C22H32O7S. The number of carbonyl (C=O) groups is 1. The number of carboxylic acid groups (broad SMARTS) is 1. The summed E-state index contributed by atoms with van der Waals surface area (Å²) in [6.07, 6.45) is -0.00903. The molecule has 0 aliphatic heterocycles. The van der Waals surface area contributed by atoms with Crippen LogP contribution in [0.2, 0.25) is 0 Å². The number of carboxylic acids is 1. The van der Waals surface area contributed by atoms with Crippen molar-refractivity contribution < 1.29 is 33.1 Å². The van der Waals surface area contributed by atoms with Crippen LogP contribution < -0.4 is 0 Å². The third-order valence-electron chi connectivity index (χ3n) is 4.14. The van der Waals surface area contributed by atoms with Crippen molar-refractivity contribution in [3.63, 3.8) is 0 Å². The maximum absolute atomic E-state index is 10.4. The van der Waals surface area contributed by atoms with E-state index in [-0.39, 0.29) is 16.9 Å². The van der Waals surface area contributed by atoms with Crippen molar-refractivity contribution in [3.05, 3.63) is 66.2 Å². The van der Waals surface area contributed by atoms with E-state index in [1.165, 1.54) is 12.1 Å². The average molecular weight is 441 g/mol. The Labute approximate surface area is 178 Å². The predicted octanol–water partition coefficient (Wildman–Crippen LogP) is 3.73. The minimum absolute atomic E-state index is 0.0163. The number of hydrogen-bond donors (Lipinski definition) is 4. The van der Waals surface area contributed by atoms with Gasteiger partial charge in [-0.1, -0.05) is 57.2 Å². The monoisotopic (exact) mass is 440 g/mol. The Balaban J connectivity index is 0.000000422. The molecule has 168 valence electrons. The second-order valence-electron chi connectivity index (χ2n) is 7.26. The first-order chi connectivity index (χ1) is 13.9. The number of aromatic carboxylic acids is 1. The van der Waals surface area contributed by atoms with E-state index in [1.54, 1.807) is 55.5 Å². The number of benzene rings is 2. The Bertz CT molecular complexity index is 819. The molecule has 0 saturated heterocycles. The summed E-state index contributed by atoms with van der Waals surface area (Å²) in [5, 5.41) is 27.0. The smallest absolute Gasteiger partial charge is 0.335 e. The fourth-order valence-corrected chi connectivity index (χ4v) is 2.69. The maximum atomic E-state index is 10.4. The molecule has 0 aliphatic carbocycles. The second-order valence-corrected chi connectivity index (χ2v) is 8.68. The standard InChI is InChI=1S/C9H20O2.C7H6O2.C6H6O3S/c1-6(2)5-9(11)7(3)8(4)10;8-7(9)6-4-2-1-3-5-6;7-10(8,9)6-4-2-1-3-5-6/h6-11H,5H2,1-4H3;1-5H,(H,8,9);1-5H,(H,7,8,9). The van der Waals surface area contributed by atoms with E-state index in [0.717, 1.165) is 6.42 Å². The van der Waals surface area contributed by atoms with E-state index in [1.807, 2.05) is 6.92 Å². The highest BCUT2D eigenvalue weighted by molar-refractivity contribution is 7.85. The number of hydrogen-bond acceptors (Lipinski definition) is 5. The first kappa shape index (κ1) is 27.7. The fraction of sp³-hybridized carbons (Fsp3) is 0.409. The Morgan fingerprint density at radius 3 is 1.57 bits per heavy atom. The predicted molar refractivity (Wildman–Crippen MR) is 116 cm³/mol. The lowest BCUT2D eigenvalue weighted by molar-refractivity contribution is 0.0206. The van der Waals surface area contributed by atoms with Crippen molar-refractivity contribution in [1.82, 2.24) is 0 Å². The van der Waals surface area contributed by atoms with Crippen molar-refractivity contribution in [1.29, 1.82) is 0 Å². The van der Waals surface area contributed by atoms with E-state index in [9.17, 15) is 18.3 Å². The summed E-state index contributed by atoms with van der Waals surface area (Å²) >= 11 is 0. The highest BCUT2D eigenvalue weighted by Crippen LogP contribution is 2.15. The highest BCUT2D eigenvalue weighted by atomic mass is 32.2. The normalized spacial score (nSPS) is 13.7. The SMILES string of the molecule is CC(C)CC(O)C(C)C(C)O.O=C(O)c1ccccc1.O=S(=O)(O)c1ccccc1. The van der Waals surface area contributed by atoms with Crippen LogP contribution in [-0.4, -0.2) is 46.5 Å². The summed E-state index contributed by atoms with van der Waals surface area (Å²) in [6.45, 7) is 7.72. The van der Waals surface area contributed by atoms with Crippen molar-refractivity contribution in [2.24, 2.45) is 11.8 Å². The Kier molecular flexibility index (Phi) is 12.8. The molecule has 2 aromatic carbocycles. The van der Waals surface area contributed by atoms with Crippen molar-refractivity contribution in [2.45, 2.75) is 51.2 Å². The van der Waals surface area contributed by atoms with Crippen molar-refractivity contribution in [3.8, 4) is 0 Å². The van der Waals surface area contributed by atoms with Gasteiger partial charge in [-0.15, -0.1) is 0 Å². The summed E-state index contributed by atoms with van der Waals surface area (Å²) in [6, 6.07) is 15.7. The van der Waals surface area contributed by atoms with Crippen LogP contribution in [0.25, 0.3) is 0 Å². The molecule has 0 saturated carbocycles. The van der Waals surface area contributed by atoms with Gasteiger partial charge in [-0.2, -0.15) is 8.42 Å². The summed E-state index contributed by atoms with van der Waals surface area (Å²) in [5.41, 5.74) is 0.331. The van der Waals surface area contributed by atoms with Crippen LogP contribution in [0.1, 0.15) is 44.5 Å². The Morgan fingerprint density at radius 1 is 0.867 bits per heavy atom. The molecule has 0 heterocycles. The van der Waals surface area contributed by atoms with Crippen LogP contribution in [0.5, 0.6) is 0 Å². The number of aliphatic hydroxyl groups excluding tert-OH is 2. The van der Waals surface area contributed by atoms with Gasteiger partial charge in [-0.25, -0.2) is 4.79 Å². The van der Waals surface area contributed by atoms with Gasteiger partial charge in [0.15, 0.2) is 0 Å². The van der Waals surface area contributed by atoms with Gasteiger partial charge in [0.1, 0.15) is 0 Å². The highest BCUT2D eigenvalue weighted by Gasteiger charge is 2.19. The molecule has 8 heteroatoms. The van der Waals surface area contributed by atoms with Crippen LogP contribution in [-0.2, 0) is 10.1 Å². The van der Waals surface area contributed by atoms with Gasteiger partial charge in [0.2, 0.25) is 0 Å². The van der Waals surface area contributed by atoms with E-state index >= 15 is 0 Å². The third-order valence-corrected chi connectivity index (χ3v) is 5.01. The van der Waals surface area contributed by atoms with Gasteiger partial charge in [0.25, 0.3) is 10.1 Å². The van der Waals surface area contributed by atoms with Gasteiger partial charge < -0.3 is 15.3 Å². The van der Waals surface area contributed by atoms with E-state index in [4.69, 9.17) is 14.8 Å². The molecule has 7 nitrogen and oxygen atoms in total. The summed E-state index contributed by atoms with van der Waals surface area (Å²) in [7, 11) is -4.00. The van der Waals surface area contributed by atoms with E-state index < -0.39 is 22.2 Å². The molecular weight excluding hydrogens is 408 g/mol. The zero-order chi connectivity index (χ0) is 23.3. The minimum Gasteiger partial charge on any atom is -0.478 e. The summed E-state index contributed by atoms with van der Waals surface area (Å²) < 4.78 is 29.2. The number of rotatable bonds is 6. The topological polar surface area (TPSA) is 132 Å².